The Hall–Kier alpha value is -4.88. The minimum absolute atomic E-state index is 0.117. The topological polar surface area (TPSA) is 78.9 Å². The zero-order valence-electron chi connectivity index (χ0n) is 24.3. The quantitative estimate of drug-likeness (QED) is 0.107. The average Bonchev–Trinajstić information content (AvgIpc) is 3.67. The summed E-state index contributed by atoms with van der Waals surface area (Å²) in [6.45, 7) is 0.753. The molecule has 0 saturated carbocycles. The fraction of sp³-hybridized carbons (Fsp3) is 0.184. The average molecular weight is 613 g/mol. The van der Waals surface area contributed by atoms with Crippen LogP contribution in [-0.4, -0.2) is 42.5 Å². The molecular formula is C38H28O6S. The van der Waals surface area contributed by atoms with Gasteiger partial charge in [0.05, 0.1) is 18.8 Å². The predicted octanol–water partition coefficient (Wildman–Crippen LogP) is 7.99. The van der Waals surface area contributed by atoms with Gasteiger partial charge in [-0.3, -0.25) is 4.79 Å². The molecule has 2 fully saturated rings. The number of hydrogen-bond acceptors (Lipinski definition) is 7. The Bertz CT molecular complexity index is 2190. The maximum Gasteiger partial charge on any atom is 0.347 e. The SMILES string of the molecule is O=C(OC1CCOC1=O)c1c2ccccc2cc2cc(-c3ccc4c(CSC5CCOC5=O)c5ccccc5cc4c3)ccc12. The number of fused-ring (bicyclic) bond motifs is 4. The van der Waals surface area contributed by atoms with E-state index in [1.54, 1.807) is 11.8 Å². The van der Waals surface area contributed by atoms with Crippen LogP contribution in [0.4, 0.5) is 0 Å². The monoisotopic (exact) mass is 612 g/mol. The molecule has 8 rings (SSSR count). The molecule has 0 radical (unpaired) electrons. The molecular weight excluding hydrogens is 584 g/mol. The van der Waals surface area contributed by atoms with E-state index in [0.717, 1.165) is 55.6 Å². The highest BCUT2D eigenvalue weighted by atomic mass is 32.2. The highest BCUT2D eigenvalue weighted by molar-refractivity contribution is 7.99. The Balaban J connectivity index is 1.21. The molecule has 0 bridgehead atoms. The van der Waals surface area contributed by atoms with Crippen LogP contribution in [0.2, 0.25) is 0 Å². The first kappa shape index (κ1) is 27.7. The van der Waals surface area contributed by atoms with E-state index in [4.69, 9.17) is 14.2 Å². The van der Waals surface area contributed by atoms with Gasteiger partial charge in [-0.05, 0) is 84.0 Å². The van der Waals surface area contributed by atoms with Crippen molar-refractivity contribution in [2.45, 2.75) is 29.9 Å². The van der Waals surface area contributed by atoms with Crippen molar-refractivity contribution in [1.82, 2.24) is 0 Å². The Morgan fingerprint density at radius 1 is 0.667 bits per heavy atom. The van der Waals surface area contributed by atoms with Gasteiger partial charge in [0.15, 0.2) is 0 Å². The van der Waals surface area contributed by atoms with Crippen molar-refractivity contribution in [3.8, 4) is 11.1 Å². The van der Waals surface area contributed by atoms with Crippen LogP contribution in [0, 0.1) is 0 Å². The molecule has 0 N–H and O–H groups in total. The Morgan fingerprint density at radius 3 is 1.93 bits per heavy atom. The summed E-state index contributed by atoms with van der Waals surface area (Å²) >= 11 is 1.65. The highest BCUT2D eigenvalue weighted by Gasteiger charge is 2.32. The number of rotatable bonds is 6. The molecule has 2 atom stereocenters. The first-order chi connectivity index (χ1) is 22.0. The molecule has 2 aliphatic heterocycles. The summed E-state index contributed by atoms with van der Waals surface area (Å²) in [6, 6.07) is 33.1. The summed E-state index contributed by atoms with van der Waals surface area (Å²) in [5.41, 5.74) is 3.76. The fourth-order valence-corrected chi connectivity index (χ4v) is 7.71. The summed E-state index contributed by atoms with van der Waals surface area (Å²) in [4.78, 5) is 37.7. The molecule has 6 nitrogen and oxygen atoms in total. The molecule has 0 amide bonds. The standard InChI is InChI=1S/C38H28O6S/c39-36-33(13-15-42-36)44-38(41)35-30-8-4-2-6-25(30)20-27-18-23(10-12-31(27)35)22-9-11-29-26(17-22)19-24-5-1-3-7-28(24)32(29)21-45-34-14-16-43-37(34)40/h1-12,17-20,33-34H,13-16,21H2. The van der Waals surface area contributed by atoms with Crippen LogP contribution in [0.5, 0.6) is 0 Å². The van der Waals surface area contributed by atoms with Crippen LogP contribution in [0.15, 0.2) is 97.1 Å². The van der Waals surface area contributed by atoms with Gasteiger partial charge < -0.3 is 14.2 Å². The van der Waals surface area contributed by atoms with Crippen LogP contribution < -0.4 is 0 Å². The molecule has 6 aromatic carbocycles. The Kier molecular flexibility index (Phi) is 6.91. The van der Waals surface area contributed by atoms with Crippen molar-refractivity contribution in [3.05, 3.63) is 108 Å². The molecule has 0 spiro atoms. The van der Waals surface area contributed by atoms with Crippen molar-refractivity contribution in [3.63, 3.8) is 0 Å². The van der Waals surface area contributed by atoms with Gasteiger partial charge in [0.2, 0.25) is 6.10 Å². The lowest BCUT2D eigenvalue weighted by molar-refractivity contribution is -0.145. The van der Waals surface area contributed by atoms with Crippen LogP contribution in [-0.2, 0) is 29.6 Å². The van der Waals surface area contributed by atoms with E-state index in [9.17, 15) is 14.4 Å². The molecule has 45 heavy (non-hydrogen) atoms. The summed E-state index contributed by atoms with van der Waals surface area (Å²) in [7, 11) is 0. The zero-order valence-corrected chi connectivity index (χ0v) is 25.1. The minimum atomic E-state index is -0.880. The van der Waals surface area contributed by atoms with Crippen LogP contribution in [0.1, 0.15) is 28.8 Å². The first-order valence-corrected chi connectivity index (χ1v) is 16.1. The Labute approximate surface area is 263 Å². The second-order valence-electron chi connectivity index (χ2n) is 11.5. The number of esters is 3. The first-order valence-electron chi connectivity index (χ1n) is 15.1. The lowest BCUT2D eigenvalue weighted by atomic mass is 9.92. The number of ether oxygens (including phenoxy) is 3. The van der Waals surface area contributed by atoms with Crippen LogP contribution in [0.3, 0.4) is 0 Å². The summed E-state index contributed by atoms with van der Waals surface area (Å²) < 4.78 is 15.9. The summed E-state index contributed by atoms with van der Waals surface area (Å²) in [5.74, 6) is -0.421. The van der Waals surface area contributed by atoms with Crippen molar-refractivity contribution >= 4 is 72.8 Å². The third kappa shape index (κ3) is 4.97. The van der Waals surface area contributed by atoms with E-state index in [1.807, 2.05) is 36.4 Å². The summed E-state index contributed by atoms with van der Waals surface area (Å²) in [6.07, 6.45) is 0.234. The van der Waals surface area contributed by atoms with Gasteiger partial charge in [-0.2, -0.15) is 0 Å². The molecule has 6 aromatic rings. The smallest absolute Gasteiger partial charge is 0.347 e. The van der Waals surface area contributed by atoms with E-state index in [2.05, 4.69) is 60.7 Å². The lowest BCUT2D eigenvalue weighted by Crippen LogP contribution is -2.23. The van der Waals surface area contributed by atoms with Gasteiger partial charge in [-0.15, -0.1) is 11.8 Å². The molecule has 2 aliphatic rings. The van der Waals surface area contributed by atoms with Gasteiger partial charge in [-0.25, -0.2) is 9.59 Å². The number of carbonyl (C=O) groups excluding carboxylic acids is 3. The lowest BCUT2D eigenvalue weighted by Gasteiger charge is -2.15. The van der Waals surface area contributed by atoms with Crippen LogP contribution in [0.25, 0.3) is 54.2 Å². The molecule has 222 valence electrons. The molecule has 7 heteroatoms. The number of cyclic esters (lactones) is 2. The van der Waals surface area contributed by atoms with Crippen LogP contribution >= 0.6 is 11.8 Å². The third-order valence-corrected chi connectivity index (χ3v) is 10.1. The molecule has 2 heterocycles. The third-order valence-electron chi connectivity index (χ3n) is 8.83. The molecule has 2 saturated heterocycles. The van der Waals surface area contributed by atoms with Gasteiger partial charge in [0.25, 0.3) is 0 Å². The van der Waals surface area contributed by atoms with E-state index in [0.29, 0.717) is 18.6 Å². The van der Waals surface area contributed by atoms with Crippen molar-refractivity contribution in [2.75, 3.05) is 13.2 Å². The fourth-order valence-electron chi connectivity index (χ4n) is 6.56. The second kappa shape index (κ2) is 11.2. The van der Waals surface area contributed by atoms with Gasteiger partial charge >= 0.3 is 17.9 Å². The van der Waals surface area contributed by atoms with E-state index in [-0.39, 0.29) is 17.8 Å². The maximum atomic E-state index is 13.5. The van der Waals surface area contributed by atoms with Gasteiger partial charge in [-0.1, -0.05) is 72.8 Å². The predicted molar refractivity (Wildman–Crippen MR) is 177 cm³/mol. The maximum absolute atomic E-state index is 13.5. The molecule has 2 unspecified atom stereocenters. The van der Waals surface area contributed by atoms with E-state index in [1.165, 1.54) is 16.3 Å². The van der Waals surface area contributed by atoms with E-state index < -0.39 is 18.0 Å². The van der Waals surface area contributed by atoms with Gasteiger partial charge in [0.1, 0.15) is 5.25 Å². The molecule has 0 aromatic heterocycles. The minimum Gasteiger partial charge on any atom is -0.465 e. The van der Waals surface area contributed by atoms with Crippen molar-refractivity contribution < 1.29 is 28.6 Å². The zero-order chi connectivity index (χ0) is 30.5. The highest BCUT2D eigenvalue weighted by Crippen LogP contribution is 2.37. The van der Waals surface area contributed by atoms with E-state index >= 15 is 0 Å². The number of thioether (sulfide) groups is 1. The normalized spacial score (nSPS) is 18.1. The number of carbonyl (C=O) groups is 3. The van der Waals surface area contributed by atoms with Crippen molar-refractivity contribution in [1.29, 1.82) is 0 Å². The Morgan fingerprint density at radius 2 is 1.24 bits per heavy atom. The second-order valence-corrected chi connectivity index (χ2v) is 12.7. The number of benzene rings is 6. The van der Waals surface area contributed by atoms with Crippen molar-refractivity contribution in [2.24, 2.45) is 0 Å². The molecule has 0 aliphatic carbocycles. The number of hydrogen-bond donors (Lipinski definition) is 0. The van der Waals surface area contributed by atoms with Gasteiger partial charge in [0, 0.05) is 18.6 Å². The summed E-state index contributed by atoms with van der Waals surface area (Å²) in [5, 5.41) is 7.90. The largest absolute Gasteiger partial charge is 0.465 e.